The van der Waals surface area contributed by atoms with Crippen molar-refractivity contribution in [3.05, 3.63) is 66.2 Å². The quantitative estimate of drug-likeness (QED) is 0.371. The smallest absolute Gasteiger partial charge is 0.264 e. The molecule has 2 heterocycles. The molecule has 2 aliphatic heterocycles. The molecule has 0 aromatic heterocycles. The van der Waals surface area contributed by atoms with Crippen molar-refractivity contribution in [3.63, 3.8) is 0 Å². The van der Waals surface area contributed by atoms with Crippen molar-refractivity contribution in [1.82, 2.24) is 5.06 Å². The molecule has 10 nitrogen and oxygen atoms in total. The predicted octanol–water partition coefficient (Wildman–Crippen LogP) is 3.50. The Hall–Kier alpha value is -2.38. The molecule has 5 atom stereocenters. The summed E-state index contributed by atoms with van der Waals surface area (Å²) in [4.78, 5) is 18.6. The van der Waals surface area contributed by atoms with Crippen molar-refractivity contribution in [2.75, 3.05) is 20.8 Å². The van der Waals surface area contributed by atoms with Gasteiger partial charge in [0.25, 0.3) is 5.91 Å². The van der Waals surface area contributed by atoms with Gasteiger partial charge >= 0.3 is 0 Å². The van der Waals surface area contributed by atoms with E-state index in [0.717, 1.165) is 10.6 Å². The molecule has 1 amide bonds. The third-order valence-corrected chi connectivity index (χ3v) is 9.06. The summed E-state index contributed by atoms with van der Waals surface area (Å²) in [6.07, 6.45) is -3.00. The Morgan fingerprint density at radius 2 is 1.60 bits per heavy atom. The van der Waals surface area contributed by atoms with E-state index in [1.54, 1.807) is 32.0 Å². The highest BCUT2D eigenvalue weighted by Gasteiger charge is 2.54. The second kappa shape index (κ2) is 12.2. The highest BCUT2D eigenvalue weighted by atomic mass is 32.2. The first-order valence-electron chi connectivity index (χ1n) is 13.3. The van der Waals surface area contributed by atoms with Gasteiger partial charge in [0.15, 0.2) is 21.4 Å². The number of hydrogen-bond donors (Lipinski definition) is 0. The first-order valence-corrected chi connectivity index (χ1v) is 14.8. The van der Waals surface area contributed by atoms with Crippen LogP contribution in [-0.2, 0) is 49.8 Å². The van der Waals surface area contributed by atoms with Crippen LogP contribution < -0.4 is 0 Å². The van der Waals surface area contributed by atoms with Crippen LogP contribution in [0.15, 0.2) is 65.6 Å². The lowest BCUT2D eigenvalue weighted by Gasteiger charge is -2.32. The van der Waals surface area contributed by atoms with E-state index in [0.29, 0.717) is 0 Å². The summed E-state index contributed by atoms with van der Waals surface area (Å²) in [6, 6.07) is 17.4. The second-order valence-electron chi connectivity index (χ2n) is 10.9. The number of carbonyl (C=O) groups excluding carboxylic acids is 1. The lowest BCUT2D eigenvalue weighted by atomic mass is 9.99. The zero-order valence-electron chi connectivity index (χ0n) is 23.8. The van der Waals surface area contributed by atoms with Crippen LogP contribution in [0.4, 0.5) is 0 Å². The maximum absolute atomic E-state index is 13.9. The summed E-state index contributed by atoms with van der Waals surface area (Å²) >= 11 is 0. The van der Waals surface area contributed by atoms with Gasteiger partial charge in [-0.3, -0.25) is 9.63 Å². The van der Waals surface area contributed by atoms with Crippen molar-refractivity contribution in [2.24, 2.45) is 0 Å². The average Bonchev–Trinajstić information content (AvgIpc) is 3.46. The summed E-state index contributed by atoms with van der Waals surface area (Å²) in [6.45, 7) is 7.60. The fourth-order valence-electron chi connectivity index (χ4n) is 4.98. The van der Waals surface area contributed by atoms with Gasteiger partial charge in [-0.1, -0.05) is 48.5 Å². The van der Waals surface area contributed by atoms with E-state index in [1.807, 2.05) is 44.2 Å². The number of rotatable bonds is 11. The molecule has 220 valence electrons. The van der Waals surface area contributed by atoms with Crippen molar-refractivity contribution >= 4 is 15.7 Å². The van der Waals surface area contributed by atoms with E-state index in [1.165, 1.54) is 26.3 Å². The van der Waals surface area contributed by atoms with E-state index in [2.05, 4.69) is 0 Å². The molecule has 2 aliphatic rings. The molecule has 1 unspecified atom stereocenters. The van der Waals surface area contributed by atoms with Crippen LogP contribution in [0, 0.1) is 0 Å². The molecule has 40 heavy (non-hydrogen) atoms. The van der Waals surface area contributed by atoms with Crippen LogP contribution in [-0.4, -0.2) is 81.4 Å². The molecule has 11 heteroatoms. The normalized spacial score (nSPS) is 25.4. The fraction of sp³-hybridized carbons (Fsp3) is 0.552. The maximum atomic E-state index is 13.9. The van der Waals surface area contributed by atoms with Gasteiger partial charge in [-0.05, 0) is 45.4 Å². The number of hydrogen-bond acceptors (Lipinski definition) is 9. The summed E-state index contributed by atoms with van der Waals surface area (Å²) in [5, 5.41) is -0.603. The van der Waals surface area contributed by atoms with Crippen LogP contribution >= 0.6 is 0 Å². The third kappa shape index (κ3) is 7.09. The maximum Gasteiger partial charge on any atom is 0.264 e. The first kappa shape index (κ1) is 30.6. The zero-order chi connectivity index (χ0) is 29.1. The largest absolute Gasteiger partial charge is 0.371 e. The van der Waals surface area contributed by atoms with Gasteiger partial charge in [0.1, 0.15) is 23.6 Å². The number of amides is 1. The number of sulfone groups is 1. The van der Waals surface area contributed by atoms with E-state index >= 15 is 0 Å². The standard InChI is InChI=1S/C29H39NO9S/c1-28(2)36-19-23(37-28)26-25(38-29(3,4)39-26)22(35-18-20-13-9-7-10-14-20)17-24(27(31)30(5)34-6)40(32,33)21-15-11-8-12-16-21/h7-16,22-26H,17-19H2,1-6H3/t22-,23+,24?,25-,26+/m0/s1. The summed E-state index contributed by atoms with van der Waals surface area (Å²) < 4.78 is 58.7. The van der Waals surface area contributed by atoms with E-state index in [4.69, 9.17) is 28.5 Å². The number of carbonyl (C=O) groups is 1. The Balaban J connectivity index is 1.72. The molecule has 0 radical (unpaired) electrons. The van der Waals surface area contributed by atoms with Crippen LogP contribution in [0.25, 0.3) is 0 Å². The molecule has 2 aromatic carbocycles. The monoisotopic (exact) mass is 577 g/mol. The average molecular weight is 578 g/mol. The van der Waals surface area contributed by atoms with Crippen LogP contribution in [0.3, 0.4) is 0 Å². The highest BCUT2D eigenvalue weighted by molar-refractivity contribution is 7.92. The zero-order valence-corrected chi connectivity index (χ0v) is 24.6. The van der Waals surface area contributed by atoms with Crippen LogP contribution in [0.5, 0.6) is 0 Å². The number of benzene rings is 2. The molecule has 0 spiro atoms. The Kier molecular flexibility index (Phi) is 9.35. The number of hydroxylamine groups is 2. The van der Waals surface area contributed by atoms with Crippen LogP contribution in [0.2, 0.25) is 0 Å². The summed E-state index contributed by atoms with van der Waals surface area (Å²) in [5.74, 6) is -2.56. The van der Waals surface area contributed by atoms with Crippen LogP contribution in [0.1, 0.15) is 39.7 Å². The van der Waals surface area contributed by atoms with E-state index in [-0.39, 0.29) is 24.5 Å². The molecule has 2 fully saturated rings. The first-order chi connectivity index (χ1) is 18.8. The highest BCUT2D eigenvalue weighted by Crippen LogP contribution is 2.39. The van der Waals surface area contributed by atoms with Gasteiger partial charge in [-0.25, -0.2) is 13.5 Å². The predicted molar refractivity (Wildman–Crippen MR) is 146 cm³/mol. The van der Waals surface area contributed by atoms with Gasteiger partial charge in [0, 0.05) is 13.5 Å². The van der Waals surface area contributed by atoms with E-state index < -0.39 is 57.0 Å². The Labute approximate surface area is 236 Å². The molecular formula is C29H39NO9S. The van der Waals surface area contributed by atoms with Gasteiger partial charge in [0.2, 0.25) is 0 Å². The Morgan fingerprint density at radius 3 is 2.17 bits per heavy atom. The van der Waals surface area contributed by atoms with Crippen molar-refractivity contribution in [3.8, 4) is 0 Å². The molecule has 2 aromatic rings. The topological polar surface area (TPSA) is 110 Å². The van der Waals surface area contributed by atoms with Gasteiger partial charge in [-0.2, -0.15) is 0 Å². The fourth-order valence-corrected chi connectivity index (χ4v) is 6.70. The molecular weight excluding hydrogens is 538 g/mol. The number of ether oxygens (including phenoxy) is 5. The number of nitrogens with zero attached hydrogens (tertiary/aromatic N) is 1. The third-order valence-electron chi connectivity index (χ3n) is 6.99. The molecule has 0 N–H and O–H groups in total. The minimum Gasteiger partial charge on any atom is -0.371 e. The molecule has 0 aliphatic carbocycles. The minimum atomic E-state index is -4.15. The second-order valence-corrected chi connectivity index (χ2v) is 13.0. The van der Waals surface area contributed by atoms with Gasteiger partial charge < -0.3 is 23.7 Å². The Bertz CT molecular complexity index is 1240. The van der Waals surface area contributed by atoms with Gasteiger partial charge in [-0.15, -0.1) is 0 Å². The summed E-state index contributed by atoms with van der Waals surface area (Å²) in [7, 11) is -1.47. The van der Waals surface area contributed by atoms with E-state index in [9.17, 15) is 13.2 Å². The van der Waals surface area contributed by atoms with Crippen molar-refractivity contribution in [2.45, 2.75) is 86.9 Å². The molecule has 4 rings (SSSR count). The van der Waals surface area contributed by atoms with Crippen molar-refractivity contribution < 1.29 is 41.7 Å². The summed E-state index contributed by atoms with van der Waals surface area (Å²) in [5.41, 5.74) is 0.881. The molecule has 0 saturated carbocycles. The molecule has 0 bridgehead atoms. The lowest BCUT2D eigenvalue weighted by Crippen LogP contribution is -2.49. The van der Waals surface area contributed by atoms with Crippen molar-refractivity contribution in [1.29, 1.82) is 0 Å². The minimum absolute atomic E-state index is 0.0226. The lowest BCUT2D eigenvalue weighted by molar-refractivity contribution is -0.176. The van der Waals surface area contributed by atoms with Gasteiger partial charge in [0.05, 0.1) is 31.3 Å². The SMILES string of the molecule is CON(C)C(=O)C(C[C@H](OCc1ccccc1)[C@@H]1OC(C)(C)O[C@@H]1[C@H]1COC(C)(C)O1)S(=O)(=O)c1ccccc1. The molecule has 2 saturated heterocycles. The Morgan fingerprint density at radius 1 is 0.975 bits per heavy atom.